The fraction of sp³-hybridized carbons (Fsp3) is 0.786. The fourth-order valence-electron chi connectivity index (χ4n) is 2.13. The van der Waals surface area contributed by atoms with Crippen LogP contribution >= 0.6 is 0 Å². The lowest BCUT2D eigenvalue weighted by Crippen LogP contribution is -2.55. The maximum Gasteiger partial charge on any atom is 0.324 e. The van der Waals surface area contributed by atoms with Crippen molar-refractivity contribution >= 4 is 17.0 Å². The van der Waals surface area contributed by atoms with Gasteiger partial charge in [-0.1, -0.05) is 19.1 Å². The molecule has 0 aromatic rings. The highest BCUT2D eigenvalue weighted by molar-refractivity contribution is 7.84. The number of ether oxygens (including phenoxy) is 1. The highest BCUT2D eigenvalue weighted by Crippen LogP contribution is 2.29. The second-order valence-corrected chi connectivity index (χ2v) is 8.05. The fourth-order valence-corrected chi connectivity index (χ4v) is 3.62. The van der Waals surface area contributed by atoms with E-state index < -0.39 is 21.8 Å². The minimum atomic E-state index is -1.25. The second-order valence-electron chi connectivity index (χ2n) is 5.90. The molecule has 0 spiro atoms. The van der Waals surface area contributed by atoms with E-state index in [0.29, 0.717) is 6.61 Å². The first-order valence-electron chi connectivity index (χ1n) is 6.75. The first-order valence-corrected chi connectivity index (χ1v) is 7.86. The van der Waals surface area contributed by atoms with E-state index in [1.54, 1.807) is 11.2 Å². The van der Waals surface area contributed by atoms with E-state index in [0.717, 1.165) is 0 Å². The van der Waals surface area contributed by atoms with Crippen molar-refractivity contribution < 1.29 is 13.7 Å². The number of hydrogen-bond donors (Lipinski definition) is 0. The lowest BCUT2D eigenvalue weighted by atomic mass is 9.96. The van der Waals surface area contributed by atoms with Gasteiger partial charge in [0.25, 0.3) is 0 Å². The average Bonchev–Trinajstić information content (AvgIpc) is 2.29. The van der Waals surface area contributed by atoms with Crippen LogP contribution in [0.1, 0.15) is 41.5 Å². The van der Waals surface area contributed by atoms with Gasteiger partial charge in [0.15, 0.2) is 0 Å². The zero-order valence-corrected chi connectivity index (χ0v) is 13.5. The summed E-state index contributed by atoms with van der Waals surface area (Å²) in [6, 6.07) is -0.509. The van der Waals surface area contributed by atoms with Gasteiger partial charge in [-0.05, 0) is 34.6 Å². The summed E-state index contributed by atoms with van der Waals surface area (Å²) in [4.78, 5) is 12.2. The monoisotopic (exact) mass is 287 g/mol. The summed E-state index contributed by atoms with van der Waals surface area (Å²) in [7, 11) is -1.25. The maximum atomic E-state index is 12.7. The van der Waals surface area contributed by atoms with Gasteiger partial charge in [0.05, 0.1) is 11.4 Å². The molecule has 0 radical (unpaired) electrons. The maximum absolute atomic E-state index is 12.7. The van der Waals surface area contributed by atoms with E-state index in [-0.39, 0.29) is 17.9 Å². The highest BCUT2D eigenvalue weighted by Gasteiger charge is 2.42. The van der Waals surface area contributed by atoms with Crippen molar-refractivity contribution in [1.29, 1.82) is 0 Å². The van der Waals surface area contributed by atoms with Gasteiger partial charge in [-0.15, -0.1) is 0 Å². The van der Waals surface area contributed by atoms with Crippen molar-refractivity contribution in [3.63, 3.8) is 0 Å². The summed E-state index contributed by atoms with van der Waals surface area (Å²) >= 11 is 0. The molecule has 1 aliphatic rings. The Kier molecular flexibility index (Phi) is 5.33. The second kappa shape index (κ2) is 6.18. The number of rotatable bonds is 3. The number of carbonyl (C=O) groups excluding carboxylic acids is 1. The minimum Gasteiger partial charge on any atom is -0.465 e. The Morgan fingerprint density at radius 3 is 2.37 bits per heavy atom. The van der Waals surface area contributed by atoms with E-state index in [1.165, 1.54) is 0 Å². The quantitative estimate of drug-likeness (QED) is 0.591. The van der Waals surface area contributed by atoms with Crippen molar-refractivity contribution in [3.05, 3.63) is 12.2 Å². The minimum absolute atomic E-state index is 0.00144. The molecule has 0 N–H and O–H groups in total. The molecule has 1 heterocycles. The van der Waals surface area contributed by atoms with Crippen LogP contribution in [-0.2, 0) is 20.5 Å². The number of carbonyl (C=O) groups is 1. The van der Waals surface area contributed by atoms with E-state index in [1.807, 2.05) is 46.8 Å². The highest BCUT2D eigenvalue weighted by atomic mass is 32.2. The largest absolute Gasteiger partial charge is 0.465 e. The Balaban J connectivity index is 3.11. The van der Waals surface area contributed by atoms with Crippen molar-refractivity contribution in [1.82, 2.24) is 4.31 Å². The first kappa shape index (κ1) is 16.4. The molecule has 0 saturated heterocycles. The summed E-state index contributed by atoms with van der Waals surface area (Å²) < 4.78 is 19.2. The Labute approximate surface area is 118 Å². The molecule has 0 aromatic heterocycles. The van der Waals surface area contributed by atoms with Gasteiger partial charge in [-0.2, -0.15) is 0 Å². The summed E-state index contributed by atoms with van der Waals surface area (Å²) in [5.41, 5.74) is 0. The molecule has 1 aliphatic heterocycles. The zero-order valence-electron chi connectivity index (χ0n) is 12.7. The molecule has 0 fully saturated rings. The van der Waals surface area contributed by atoms with Crippen molar-refractivity contribution in [3.8, 4) is 0 Å². The van der Waals surface area contributed by atoms with Crippen LogP contribution in [0.25, 0.3) is 0 Å². The van der Waals surface area contributed by atoms with Gasteiger partial charge in [0.1, 0.15) is 17.0 Å². The van der Waals surface area contributed by atoms with E-state index in [9.17, 15) is 9.00 Å². The molecular formula is C14H25NO3S. The van der Waals surface area contributed by atoms with Gasteiger partial charge in [0.2, 0.25) is 0 Å². The molecule has 0 bridgehead atoms. The lowest BCUT2D eigenvalue weighted by molar-refractivity contribution is -0.149. The molecule has 110 valence electrons. The van der Waals surface area contributed by atoms with E-state index in [4.69, 9.17) is 4.74 Å². The number of nitrogens with zero attached hydrogens (tertiary/aromatic N) is 1. The molecule has 4 atom stereocenters. The summed E-state index contributed by atoms with van der Waals surface area (Å²) in [5, 5.41) is 0. The van der Waals surface area contributed by atoms with Crippen LogP contribution in [-0.4, -0.2) is 37.9 Å². The van der Waals surface area contributed by atoms with Crippen molar-refractivity contribution in [2.45, 2.75) is 58.4 Å². The number of esters is 1. The van der Waals surface area contributed by atoms with E-state index >= 15 is 0 Å². The Hall–Kier alpha value is -0.680. The Morgan fingerprint density at radius 2 is 1.89 bits per heavy atom. The molecule has 5 heteroatoms. The van der Waals surface area contributed by atoms with Crippen LogP contribution in [0.5, 0.6) is 0 Å². The molecule has 0 aromatic carbocycles. The topological polar surface area (TPSA) is 46.6 Å². The van der Waals surface area contributed by atoms with Crippen molar-refractivity contribution in [2.24, 2.45) is 5.92 Å². The zero-order chi connectivity index (χ0) is 14.8. The molecule has 1 rings (SSSR count). The summed E-state index contributed by atoms with van der Waals surface area (Å²) in [6.07, 6.45) is 4.01. The Bertz CT molecular complexity index is 387. The van der Waals surface area contributed by atoms with Crippen LogP contribution in [0, 0.1) is 5.92 Å². The predicted octanol–water partition coefficient (Wildman–Crippen LogP) is 2.28. The van der Waals surface area contributed by atoms with Gasteiger partial charge in [0, 0.05) is 12.0 Å². The predicted molar refractivity (Wildman–Crippen MR) is 77.9 cm³/mol. The van der Waals surface area contributed by atoms with Crippen LogP contribution in [0.15, 0.2) is 12.2 Å². The third-order valence-corrected chi connectivity index (χ3v) is 5.10. The van der Waals surface area contributed by atoms with Crippen molar-refractivity contribution in [2.75, 3.05) is 6.61 Å². The average molecular weight is 287 g/mol. The van der Waals surface area contributed by atoms with Crippen LogP contribution in [0.2, 0.25) is 0 Å². The summed E-state index contributed by atoms with van der Waals surface area (Å²) in [6.45, 7) is 11.8. The first-order chi connectivity index (χ1) is 8.70. The van der Waals surface area contributed by atoms with Crippen LogP contribution in [0.3, 0.4) is 0 Å². The molecule has 0 saturated carbocycles. The van der Waals surface area contributed by atoms with Gasteiger partial charge >= 0.3 is 5.97 Å². The Morgan fingerprint density at radius 1 is 1.32 bits per heavy atom. The van der Waals surface area contributed by atoms with Gasteiger partial charge in [-0.3, -0.25) is 4.79 Å². The molecular weight excluding hydrogens is 262 g/mol. The molecule has 0 aliphatic carbocycles. The van der Waals surface area contributed by atoms with Crippen LogP contribution < -0.4 is 0 Å². The van der Waals surface area contributed by atoms with E-state index in [2.05, 4.69) is 0 Å². The lowest BCUT2D eigenvalue weighted by Gasteiger charge is -2.41. The molecule has 0 unspecified atom stereocenters. The summed E-state index contributed by atoms with van der Waals surface area (Å²) in [5.74, 6) is -0.287. The van der Waals surface area contributed by atoms with Gasteiger partial charge < -0.3 is 4.74 Å². The molecule has 4 nitrogen and oxygen atoms in total. The molecule has 19 heavy (non-hydrogen) atoms. The normalized spacial score (nSPS) is 30.1. The van der Waals surface area contributed by atoms with Gasteiger partial charge in [-0.25, -0.2) is 8.51 Å². The smallest absolute Gasteiger partial charge is 0.324 e. The number of hydrogen-bond acceptors (Lipinski definition) is 3. The standard InChI is InChI=1S/C14H25NO3S/c1-7-18-13(16)12-10(2)8-9-11(3)15(12)19(17)14(4,5)6/h8-12H,7H2,1-6H3/t10-,11+,12+,19+/m1/s1. The third kappa shape index (κ3) is 3.66. The SMILES string of the molecule is CCOC(=O)[C@@H]1[C@H](C)C=C[C@H](C)N1[S@@](=O)C(C)(C)C. The van der Waals surface area contributed by atoms with Crippen LogP contribution in [0.4, 0.5) is 0 Å². The molecule has 0 amide bonds. The third-order valence-electron chi connectivity index (χ3n) is 3.11.